The number of carbonyl (C=O) groups excluding carboxylic acids is 1. The summed E-state index contributed by atoms with van der Waals surface area (Å²) in [6.45, 7) is 3.16. The van der Waals surface area contributed by atoms with Gasteiger partial charge in [-0.1, -0.05) is 19.1 Å². The van der Waals surface area contributed by atoms with Crippen LogP contribution in [-0.2, 0) is 0 Å². The number of hydrogen-bond donors (Lipinski definition) is 2. The van der Waals surface area contributed by atoms with Crippen molar-refractivity contribution in [2.45, 2.75) is 6.92 Å². The normalized spacial score (nSPS) is 12.3. The first-order chi connectivity index (χ1) is 8.72. The Labute approximate surface area is 106 Å². The van der Waals surface area contributed by atoms with E-state index in [0.29, 0.717) is 18.7 Å². The van der Waals surface area contributed by atoms with E-state index in [-0.39, 0.29) is 11.8 Å². The first-order valence-electron chi connectivity index (χ1n) is 6.04. The summed E-state index contributed by atoms with van der Waals surface area (Å²) in [6.07, 6.45) is 1.72. The Hall–Kier alpha value is -1.94. The van der Waals surface area contributed by atoms with E-state index in [1.807, 2.05) is 37.3 Å². The predicted octanol–water partition coefficient (Wildman–Crippen LogP) is 1.56. The fourth-order valence-corrected chi connectivity index (χ4v) is 1.75. The molecular weight excluding hydrogens is 226 g/mol. The van der Waals surface area contributed by atoms with Crippen LogP contribution < -0.4 is 11.1 Å². The van der Waals surface area contributed by atoms with E-state index in [0.717, 1.165) is 10.9 Å². The van der Waals surface area contributed by atoms with Crippen molar-refractivity contribution in [3.8, 4) is 0 Å². The number of pyridine rings is 1. The van der Waals surface area contributed by atoms with Crippen LogP contribution in [-0.4, -0.2) is 24.0 Å². The van der Waals surface area contributed by atoms with Crippen molar-refractivity contribution >= 4 is 16.8 Å². The van der Waals surface area contributed by atoms with Gasteiger partial charge in [0, 0.05) is 23.7 Å². The minimum Gasteiger partial charge on any atom is -0.352 e. The highest BCUT2D eigenvalue weighted by Crippen LogP contribution is 2.16. The van der Waals surface area contributed by atoms with Gasteiger partial charge in [0.1, 0.15) is 0 Å². The monoisotopic (exact) mass is 243 g/mol. The van der Waals surface area contributed by atoms with Crippen molar-refractivity contribution in [3.05, 3.63) is 42.1 Å². The lowest BCUT2D eigenvalue weighted by molar-refractivity contribution is 0.0950. The number of rotatable bonds is 4. The van der Waals surface area contributed by atoms with Crippen LogP contribution >= 0.6 is 0 Å². The molecule has 0 aliphatic heterocycles. The van der Waals surface area contributed by atoms with E-state index in [4.69, 9.17) is 5.73 Å². The second kappa shape index (κ2) is 5.60. The zero-order valence-electron chi connectivity index (χ0n) is 10.4. The van der Waals surface area contributed by atoms with Gasteiger partial charge in [0.2, 0.25) is 0 Å². The first-order valence-corrected chi connectivity index (χ1v) is 6.04. The third-order valence-electron chi connectivity index (χ3n) is 2.90. The quantitative estimate of drug-likeness (QED) is 0.856. The fourth-order valence-electron chi connectivity index (χ4n) is 1.75. The molecule has 0 radical (unpaired) electrons. The molecule has 94 valence electrons. The largest absolute Gasteiger partial charge is 0.352 e. The average Bonchev–Trinajstić information content (AvgIpc) is 2.43. The van der Waals surface area contributed by atoms with Crippen LogP contribution in [0.5, 0.6) is 0 Å². The minimum atomic E-state index is -0.0751. The number of aromatic nitrogens is 1. The van der Waals surface area contributed by atoms with Crippen molar-refractivity contribution in [1.29, 1.82) is 0 Å². The van der Waals surface area contributed by atoms with E-state index in [1.165, 1.54) is 0 Å². The Kier molecular flexibility index (Phi) is 3.89. The average molecular weight is 243 g/mol. The lowest BCUT2D eigenvalue weighted by Gasteiger charge is -2.11. The Morgan fingerprint density at radius 3 is 3.00 bits per heavy atom. The van der Waals surface area contributed by atoms with Gasteiger partial charge in [-0.2, -0.15) is 0 Å². The number of nitrogens with zero attached hydrogens (tertiary/aromatic N) is 1. The maximum absolute atomic E-state index is 12.1. The number of benzene rings is 1. The molecule has 0 bridgehead atoms. The topological polar surface area (TPSA) is 68.0 Å². The molecule has 1 unspecified atom stereocenters. The summed E-state index contributed by atoms with van der Waals surface area (Å²) in [6, 6.07) is 9.29. The molecule has 0 saturated heterocycles. The molecule has 2 rings (SSSR count). The first kappa shape index (κ1) is 12.5. The Morgan fingerprint density at radius 1 is 1.39 bits per heavy atom. The smallest absolute Gasteiger partial charge is 0.251 e. The van der Waals surface area contributed by atoms with Gasteiger partial charge in [-0.25, -0.2) is 0 Å². The molecular formula is C14H17N3O. The molecule has 1 amide bonds. The summed E-state index contributed by atoms with van der Waals surface area (Å²) in [7, 11) is 0. The molecule has 0 saturated carbocycles. The third kappa shape index (κ3) is 2.65. The van der Waals surface area contributed by atoms with Crippen LogP contribution in [0.2, 0.25) is 0 Å². The molecule has 0 aliphatic rings. The second-order valence-corrected chi connectivity index (χ2v) is 4.43. The highest BCUT2D eigenvalue weighted by atomic mass is 16.1. The van der Waals surface area contributed by atoms with E-state index in [2.05, 4.69) is 10.3 Å². The molecule has 0 fully saturated rings. The molecule has 0 aliphatic carbocycles. The Bertz CT molecular complexity index is 548. The summed E-state index contributed by atoms with van der Waals surface area (Å²) in [5, 5.41) is 3.77. The van der Waals surface area contributed by atoms with Crippen molar-refractivity contribution in [1.82, 2.24) is 10.3 Å². The maximum Gasteiger partial charge on any atom is 0.251 e. The zero-order chi connectivity index (χ0) is 13.0. The Balaban J connectivity index is 2.22. The highest BCUT2D eigenvalue weighted by Gasteiger charge is 2.10. The van der Waals surface area contributed by atoms with Gasteiger partial charge in [-0.15, -0.1) is 0 Å². The van der Waals surface area contributed by atoms with E-state index < -0.39 is 0 Å². The SMILES string of the molecule is CC(CN)CNC(=O)c1cccc2ncccc12. The number of nitrogens with one attached hydrogen (secondary N) is 1. The van der Waals surface area contributed by atoms with Crippen molar-refractivity contribution < 1.29 is 4.79 Å². The molecule has 2 aromatic rings. The number of carbonyl (C=O) groups is 1. The summed E-state index contributed by atoms with van der Waals surface area (Å²) in [5.41, 5.74) is 7.01. The summed E-state index contributed by atoms with van der Waals surface area (Å²) in [5.74, 6) is 0.205. The number of hydrogen-bond acceptors (Lipinski definition) is 3. The standard InChI is InChI=1S/C14H17N3O/c1-10(8-15)9-17-14(18)12-4-2-6-13-11(12)5-3-7-16-13/h2-7,10H,8-9,15H2,1H3,(H,17,18). The van der Waals surface area contributed by atoms with Crippen LogP contribution in [0.15, 0.2) is 36.5 Å². The molecule has 1 aromatic heterocycles. The van der Waals surface area contributed by atoms with Gasteiger partial charge in [0.05, 0.1) is 5.52 Å². The molecule has 4 nitrogen and oxygen atoms in total. The molecule has 1 atom stereocenters. The molecule has 1 heterocycles. The molecule has 3 N–H and O–H groups in total. The third-order valence-corrected chi connectivity index (χ3v) is 2.90. The van der Waals surface area contributed by atoms with E-state index in [1.54, 1.807) is 6.20 Å². The summed E-state index contributed by atoms with van der Waals surface area (Å²) >= 11 is 0. The summed E-state index contributed by atoms with van der Waals surface area (Å²) < 4.78 is 0. The highest BCUT2D eigenvalue weighted by molar-refractivity contribution is 6.06. The number of nitrogens with two attached hydrogens (primary N) is 1. The van der Waals surface area contributed by atoms with Gasteiger partial charge in [-0.3, -0.25) is 9.78 Å². The molecule has 1 aromatic carbocycles. The van der Waals surface area contributed by atoms with Crippen LogP contribution in [0.25, 0.3) is 10.9 Å². The van der Waals surface area contributed by atoms with Gasteiger partial charge in [0.25, 0.3) is 5.91 Å². The molecule has 4 heteroatoms. The van der Waals surface area contributed by atoms with Gasteiger partial charge < -0.3 is 11.1 Å². The zero-order valence-corrected chi connectivity index (χ0v) is 10.4. The van der Waals surface area contributed by atoms with Crippen LogP contribution in [0.3, 0.4) is 0 Å². The van der Waals surface area contributed by atoms with Crippen molar-refractivity contribution in [2.24, 2.45) is 11.7 Å². The van der Waals surface area contributed by atoms with Crippen molar-refractivity contribution in [2.75, 3.05) is 13.1 Å². The predicted molar refractivity (Wildman–Crippen MR) is 72.3 cm³/mol. The van der Waals surface area contributed by atoms with Crippen LogP contribution in [0.1, 0.15) is 17.3 Å². The molecule has 0 spiro atoms. The number of fused-ring (bicyclic) bond motifs is 1. The summed E-state index contributed by atoms with van der Waals surface area (Å²) in [4.78, 5) is 16.3. The van der Waals surface area contributed by atoms with Crippen LogP contribution in [0, 0.1) is 5.92 Å². The van der Waals surface area contributed by atoms with Crippen LogP contribution in [0.4, 0.5) is 0 Å². The maximum atomic E-state index is 12.1. The number of amides is 1. The molecule has 18 heavy (non-hydrogen) atoms. The van der Waals surface area contributed by atoms with Gasteiger partial charge >= 0.3 is 0 Å². The Morgan fingerprint density at radius 2 is 2.22 bits per heavy atom. The second-order valence-electron chi connectivity index (χ2n) is 4.43. The minimum absolute atomic E-state index is 0.0751. The van der Waals surface area contributed by atoms with E-state index in [9.17, 15) is 4.79 Å². The lowest BCUT2D eigenvalue weighted by Crippen LogP contribution is -2.31. The van der Waals surface area contributed by atoms with E-state index >= 15 is 0 Å². The fraction of sp³-hybridized carbons (Fsp3) is 0.286. The van der Waals surface area contributed by atoms with Gasteiger partial charge in [-0.05, 0) is 30.7 Å². The lowest BCUT2D eigenvalue weighted by atomic mass is 10.1. The van der Waals surface area contributed by atoms with Crippen molar-refractivity contribution in [3.63, 3.8) is 0 Å². The van der Waals surface area contributed by atoms with Gasteiger partial charge in [0.15, 0.2) is 0 Å².